The quantitative estimate of drug-likeness (QED) is 0.662. The number of nitrogens with zero attached hydrogens (tertiary/aromatic N) is 1. The number of amides is 1. The lowest BCUT2D eigenvalue weighted by molar-refractivity contribution is 0.0956. The molecule has 0 saturated carbocycles. The average molecular weight is 327 g/mol. The van der Waals surface area contributed by atoms with Gasteiger partial charge >= 0.3 is 0 Å². The monoisotopic (exact) mass is 327 g/mol. The van der Waals surface area contributed by atoms with Gasteiger partial charge in [-0.05, 0) is 25.2 Å². The molecule has 0 aliphatic carbocycles. The van der Waals surface area contributed by atoms with E-state index in [1.807, 2.05) is 19.9 Å². The summed E-state index contributed by atoms with van der Waals surface area (Å²) in [4.78, 5) is 13.9. The summed E-state index contributed by atoms with van der Waals surface area (Å²) < 4.78 is 26.2. The first-order valence-corrected chi connectivity index (χ1v) is 9.16. The highest BCUT2D eigenvalue weighted by molar-refractivity contribution is 7.89. The molecular formula is C15H25N3O3S. The van der Waals surface area contributed by atoms with Gasteiger partial charge in [0.05, 0.1) is 5.75 Å². The van der Waals surface area contributed by atoms with Gasteiger partial charge in [0.2, 0.25) is 10.0 Å². The van der Waals surface area contributed by atoms with E-state index in [0.717, 1.165) is 13.1 Å². The summed E-state index contributed by atoms with van der Waals surface area (Å²) in [5.41, 5.74) is 0.523. The van der Waals surface area contributed by atoms with Crippen LogP contribution in [0.3, 0.4) is 0 Å². The lowest BCUT2D eigenvalue weighted by Crippen LogP contribution is -2.38. The third-order valence-corrected chi connectivity index (χ3v) is 4.72. The van der Waals surface area contributed by atoms with Crippen LogP contribution in [0.15, 0.2) is 30.3 Å². The summed E-state index contributed by atoms with van der Waals surface area (Å²) in [6.07, 6.45) is 0. The number of benzene rings is 1. The van der Waals surface area contributed by atoms with Crippen LogP contribution in [0.1, 0.15) is 24.2 Å². The standard InChI is InChI=1S/C15H25N3O3S/c1-3-18(4-2)12-10-17-22(20,21)13-11-16-15(19)14-8-6-5-7-9-14/h5-9,17H,3-4,10-13H2,1-2H3,(H,16,19). The number of carbonyl (C=O) groups is 1. The molecule has 0 aliphatic heterocycles. The first-order chi connectivity index (χ1) is 10.5. The first kappa shape index (κ1) is 18.6. The normalized spacial score (nSPS) is 11.6. The molecule has 124 valence electrons. The van der Waals surface area contributed by atoms with Gasteiger partial charge in [-0.15, -0.1) is 0 Å². The number of carbonyl (C=O) groups excluding carboxylic acids is 1. The van der Waals surface area contributed by atoms with Gasteiger partial charge in [0.15, 0.2) is 0 Å². The Labute approximate surface area is 132 Å². The fraction of sp³-hybridized carbons (Fsp3) is 0.533. The van der Waals surface area contributed by atoms with Crippen LogP contribution in [-0.4, -0.2) is 57.7 Å². The van der Waals surface area contributed by atoms with E-state index in [1.54, 1.807) is 24.3 Å². The minimum Gasteiger partial charge on any atom is -0.351 e. The summed E-state index contributed by atoms with van der Waals surface area (Å²) in [5, 5.41) is 2.61. The van der Waals surface area contributed by atoms with Crippen LogP contribution >= 0.6 is 0 Å². The van der Waals surface area contributed by atoms with E-state index in [1.165, 1.54) is 0 Å². The van der Waals surface area contributed by atoms with Crippen molar-refractivity contribution in [2.24, 2.45) is 0 Å². The molecule has 0 aromatic heterocycles. The third-order valence-electron chi connectivity index (χ3n) is 3.34. The third kappa shape index (κ3) is 7.02. The van der Waals surface area contributed by atoms with E-state index in [4.69, 9.17) is 0 Å². The molecular weight excluding hydrogens is 302 g/mol. The van der Waals surface area contributed by atoms with E-state index in [2.05, 4.69) is 14.9 Å². The van der Waals surface area contributed by atoms with Crippen LogP contribution in [0.2, 0.25) is 0 Å². The molecule has 0 radical (unpaired) electrons. The highest BCUT2D eigenvalue weighted by Gasteiger charge is 2.11. The maximum Gasteiger partial charge on any atom is 0.251 e. The lowest BCUT2D eigenvalue weighted by atomic mass is 10.2. The van der Waals surface area contributed by atoms with Gasteiger partial charge in [-0.1, -0.05) is 32.0 Å². The first-order valence-electron chi connectivity index (χ1n) is 7.51. The molecule has 1 rings (SSSR count). The van der Waals surface area contributed by atoms with E-state index < -0.39 is 10.0 Å². The molecule has 0 unspecified atom stereocenters. The Balaban J connectivity index is 2.29. The Kier molecular flexibility index (Phi) is 8.08. The predicted octanol–water partition coefficient (Wildman–Crippen LogP) is 0.678. The van der Waals surface area contributed by atoms with Gasteiger partial charge in [-0.3, -0.25) is 4.79 Å². The van der Waals surface area contributed by atoms with E-state index in [9.17, 15) is 13.2 Å². The molecule has 1 aromatic carbocycles. The van der Waals surface area contributed by atoms with Gasteiger partial charge in [-0.25, -0.2) is 13.1 Å². The molecule has 6 nitrogen and oxygen atoms in total. The van der Waals surface area contributed by atoms with Crippen molar-refractivity contribution >= 4 is 15.9 Å². The van der Waals surface area contributed by atoms with Gasteiger partial charge in [0.1, 0.15) is 0 Å². The fourth-order valence-electron chi connectivity index (χ4n) is 1.96. The molecule has 0 saturated heterocycles. The van der Waals surface area contributed by atoms with Gasteiger partial charge < -0.3 is 10.2 Å². The second-order valence-electron chi connectivity index (χ2n) is 4.86. The maximum absolute atomic E-state index is 11.8. The molecule has 0 bridgehead atoms. The summed E-state index contributed by atoms with van der Waals surface area (Å²) in [6, 6.07) is 8.72. The van der Waals surface area contributed by atoms with Crippen LogP contribution in [0.5, 0.6) is 0 Å². The molecule has 2 N–H and O–H groups in total. The van der Waals surface area contributed by atoms with Crippen molar-refractivity contribution in [3.05, 3.63) is 35.9 Å². The van der Waals surface area contributed by atoms with E-state index in [-0.39, 0.29) is 18.2 Å². The second kappa shape index (κ2) is 9.55. The number of likely N-dealkylation sites (N-methyl/N-ethyl adjacent to an activating group) is 1. The van der Waals surface area contributed by atoms with Crippen molar-refractivity contribution in [2.45, 2.75) is 13.8 Å². The van der Waals surface area contributed by atoms with Crippen LogP contribution < -0.4 is 10.0 Å². The highest BCUT2D eigenvalue weighted by Crippen LogP contribution is 1.97. The van der Waals surface area contributed by atoms with Crippen molar-refractivity contribution in [3.63, 3.8) is 0 Å². The second-order valence-corrected chi connectivity index (χ2v) is 6.79. The Bertz CT molecular complexity index is 542. The topological polar surface area (TPSA) is 78.5 Å². The molecule has 0 atom stereocenters. The molecule has 1 amide bonds. The maximum atomic E-state index is 11.8. The van der Waals surface area contributed by atoms with Gasteiger partial charge in [-0.2, -0.15) is 0 Å². The molecule has 1 aromatic rings. The molecule has 22 heavy (non-hydrogen) atoms. The lowest BCUT2D eigenvalue weighted by Gasteiger charge is -2.18. The number of hydrogen-bond donors (Lipinski definition) is 2. The molecule has 0 spiro atoms. The number of nitrogens with one attached hydrogen (secondary N) is 2. The van der Waals surface area contributed by atoms with Crippen LogP contribution in [0.4, 0.5) is 0 Å². The van der Waals surface area contributed by atoms with Crippen LogP contribution in [0.25, 0.3) is 0 Å². The summed E-state index contributed by atoms with van der Waals surface area (Å²) in [6.45, 7) is 7.03. The SMILES string of the molecule is CCN(CC)CCNS(=O)(=O)CCNC(=O)c1ccccc1. The van der Waals surface area contributed by atoms with Crippen molar-refractivity contribution in [2.75, 3.05) is 38.5 Å². The molecule has 7 heteroatoms. The minimum atomic E-state index is -3.36. The van der Waals surface area contributed by atoms with Crippen LogP contribution in [0, 0.1) is 0 Å². The molecule has 0 aliphatic rings. The zero-order valence-corrected chi connectivity index (χ0v) is 14.0. The minimum absolute atomic E-state index is 0.0916. The van der Waals surface area contributed by atoms with E-state index in [0.29, 0.717) is 18.7 Å². The number of sulfonamides is 1. The van der Waals surface area contributed by atoms with E-state index >= 15 is 0 Å². The van der Waals surface area contributed by atoms with Crippen molar-refractivity contribution in [1.29, 1.82) is 0 Å². The summed E-state index contributed by atoms with van der Waals surface area (Å²) in [7, 11) is -3.36. The number of rotatable bonds is 10. The van der Waals surface area contributed by atoms with Crippen molar-refractivity contribution in [3.8, 4) is 0 Å². The highest BCUT2D eigenvalue weighted by atomic mass is 32.2. The number of hydrogen-bond acceptors (Lipinski definition) is 4. The Hall–Kier alpha value is -1.44. The molecule has 0 heterocycles. The Morgan fingerprint density at radius 2 is 1.73 bits per heavy atom. The fourth-order valence-corrected chi connectivity index (χ4v) is 2.88. The van der Waals surface area contributed by atoms with Crippen molar-refractivity contribution in [1.82, 2.24) is 14.9 Å². The molecule has 0 fully saturated rings. The Morgan fingerprint density at radius 3 is 2.32 bits per heavy atom. The summed E-state index contributed by atoms with van der Waals surface area (Å²) >= 11 is 0. The Morgan fingerprint density at radius 1 is 1.09 bits per heavy atom. The van der Waals surface area contributed by atoms with Gasteiger partial charge in [0, 0.05) is 25.2 Å². The van der Waals surface area contributed by atoms with Crippen LogP contribution in [-0.2, 0) is 10.0 Å². The van der Waals surface area contributed by atoms with Crippen molar-refractivity contribution < 1.29 is 13.2 Å². The zero-order chi connectivity index (χ0) is 16.4. The summed E-state index contributed by atoms with van der Waals surface area (Å²) in [5.74, 6) is -0.386. The van der Waals surface area contributed by atoms with Gasteiger partial charge in [0.25, 0.3) is 5.91 Å². The largest absolute Gasteiger partial charge is 0.351 e. The average Bonchev–Trinajstić information content (AvgIpc) is 2.52. The zero-order valence-electron chi connectivity index (χ0n) is 13.2. The predicted molar refractivity (Wildman–Crippen MR) is 88.4 cm³/mol. The smallest absolute Gasteiger partial charge is 0.251 e.